The summed E-state index contributed by atoms with van der Waals surface area (Å²) >= 11 is 5.71. The Balaban J connectivity index is 1.78. The zero-order valence-electron chi connectivity index (χ0n) is 10.6. The number of hydrogen-bond acceptors (Lipinski definition) is 2. The van der Waals surface area contributed by atoms with Gasteiger partial charge in [-0.1, -0.05) is 24.4 Å². The van der Waals surface area contributed by atoms with Crippen LogP contribution >= 0.6 is 11.6 Å². The van der Waals surface area contributed by atoms with Gasteiger partial charge in [-0.3, -0.25) is 0 Å². The van der Waals surface area contributed by atoms with E-state index in [4.69, 9.17) is 16.3 Å². The molecular formula is C14H19ClFNO. The molecule has 1 fully saturated rings. The number of ether oxygens (including phenoxy) is 1. The van der Waals surface area contributed by atoms with E-state index in [0.717, 1.165) is 6.54 Å². The first-order valence-electron chi connectivity index (χ1n) is 6.50. The quantitative estimate of drug-likeness (QED) is 0.880. The summed E-state index contributed by atoms with van der Waals surface area (Å²) in [5, 5.41) is 3.60. The third-order valence-electron chi connectivity index (χ3n) is 3.28. The summed E-state index contributed by atoms with van der Waals surface area (Å²) in [6.45, 7) is 2.80. The molecule has 0 spiro atoms. The summed E-state index contributed by atoms with van der Waals surface area (Å²) in [6.07, 6.45) is 5.21. The van der Waals surface area contributed by atoms with Gasteiger partial charge >= 0.3 is 0 Å². The second-order valence-corrected chi connectivity index (χ2v) is 5.30. The Morgan fingerprint density at radius 1 is 1.44 bits per heavy atom. The molecule has 1 saturated carbocycles. The van der Waals surface area contributed by atoms with Crippen LogP contribution in [-0.2, 0) is 0 Å². The van der Waals surface area contributed by atoms with Gasteiger partial charge in [-0.2, -0.15) is 0 Å². The van der Waals surface area contributed by atoms with E-state index in [1.54, 1.807) is 6.07 Å². The van der Waals surface area contributed by atoms with Gasteiger partial charge in [0.05, 0.1) is 5.02 Å². The first-order valence-corrected chi connectivity index (χ1v) is 6.88. The summed E-state index contributed by atoms with van der Waals surface area (Å²) in [5.74, 6) is 0.197. The first kappa shape index (κ1) is 13.6. The molecule has 1 aliphatic rings. The van der Waals surface area contributed by atoms with E-state index >= 15 is 0 Å². The lowest BCUT2D eigenvalue weighted by molar-refractivity contribution is 0.211. The Hall–Kier alpha value is -0.800. The maximum Gasteiger partial charge on any atom is 0.142 e. The van der Waals surface area contributed by atoms with Gasteiger partial charge in [-0.15, -0.1) is 0 Å². The molecule has 0 bridgehead atoms. The molecule has 1 unspecified atom stereocenters. The van der Waals surface area contributed by atoms with Crippen molar-refractivity contribution in [1.82, 2.24) is 5.32 Å². The monoisotopic (exact) mass is 271 g/mol. The van der Waals surface area contributed by atoms with E-state index < -0.39 is 5.82 Å². The Morgan fingerprint density at radius 3 is 2.83 bits per heavy atom. The van der Waals surface area contributed by atoms with E-state index in [0.29, 0.717) is 11.8 Å². The predicted octanol–water partition coefficient (Wildman–Crippen LogP) is 3.78. The molecule has 1 aliphatic carbocycles. The maximum absolute atomic E-state index is 13.0. The standard InChI is InChI=1S/C14H19ClFNO/c1-10(9-17-11-4-2-3-5-11)18-12-6-7-14(16)13(15)8-12/h6-8,10-11,17H,2-5,9H2,1H3. The SMILES string of the molecule is CC(CNC1CCCC1)Oc1ccc(F)c(Cl)c1. The van der Waals surface area contributed by atoms with Crippen molar-refractivity contribution in [2.24, 2.45) is 0 Å². The molecule has 0 amide bonds. The minimum absolute atomic E-state index is 0.0483. The van der Waals surface area contributed by atoms with Crippen molar-refractivity contribution in [3.05, 3.63) is 29.0 Å². The van der Waals surface area contributed by atoms with Gasteiger partial charge in [0.25, 0.3) is 0 Å². The van der Waals surface area contributed by atoms with Crippen LogP contribution in [0, 0.1) is 5.82 Å². The van der Waals surface area contributed by atoms with Gasteiger partial charge in [0.2, 0.25) is 0 Å². The fourth-order valence-electron chi connectivity index (χ4n) is 2.29. The summed E-state index contributed by atoms with van der Waals surface area (Å²) < 4.78 is 18.7. The Kier molecular flexibility index (Phi) is 4.84. The summed E-state index contributed by atoms with van der Waals surface area (Å²) in [6, 6.07) is 5.08. The number of nitrogens with one attached hydrogen (secondary N) is 1. The molecule has 100 valence electrons. The molecule has 0 aliphatic heterocycles. The molecule has 2 rings (SSSR count). The van der Waals surface area contributed by atoms with Gasteiger partial charge in [-0.05, 0) is 31.9 Å². The summed E-state index contributed by atoms with van der Waals surface area (Å²) in [7, 11) is 0. The Labute approximate surface area is 112 Å². The Bertz CT molecular complexity index is 393. The zero-order chi connectivity index (χ0) is 13.0. The van der Waals surface area contributed by atoms with Crippen LogP contribution in [0.2, 0.25) is 5.02 Å². The van der Waals surface area contributed by atoms with Gasteiger partial charge in [0.1, 0.15) is 17.7 Å². The van der Waals surface area contributed by atoms with Crippen LogP contribution in [0.25, 0.3) is 0 Å². The van der Waals surface area contributed by atoms with Crippen molar-refractivity contribution in [1.29, 1.82) is 0 Å². The zero-order valence-corrected chi connectivity index (χ0v) is 11.3. The van der Waals surface area contributed by atoms with Crippen LogP contribution in [0.4, 0.5) is 4.39 Å². The van der Waals surface area contributed by atoms with E-state index in [-0.39, 0.29) is 11.1 Å². The van der Waals surface area contributed by atoms with Gasteiger partial charge < -0.3 is 10.1 Å². The lowest BCUT2D eigenvalue weighted by atomic mass is 10.2. The molecule has 1 aromatic carbocycles. The van der Waals surface area contributed by atoms with Crippen molar-refractivity contribution >= 4 is 11.6 Å². The predicted molar refractivity (Wildman–Crippen MR) is 71.8 cm³/mol. The van der Waals surface area contributed by atoms with Crippen molar-refractivity contribution in [2.75, 3.05) is 6.54 Å². The van der Waals surface area contributed by atoms with Crippen LogP contribution in [0.1, 0.15) is 32.6 Å². The molecule has 0 aromatic heterocycles. The largest absolute Gasteiger partial charge is 0.489 e. The van der Waals surface area contributed by atoms with Crippen LogP contribution in [0.5, 0.6) is 5.75 Å². The molecule has 0 saturated heterocycles. The number of rotatable bonds is 5. The van der Waals surface area contributed by atoms with Gasteiger partial charge in [0, 0.05) is 18.7 Å². The minimum Gasteiger partial charge on any atom is -0.489 e. The third kappa shape index (κ3) is 3.85. The van der Waals surface area contributed by atoms with Gasteiger partial charge in [0.15, 0.2) is 0 Å². The van der Waals surface area contributed by atoms with E-state index in [1.807, 2.05) is 6.92 Å². The lowest BCUT2D eigenvalue weighted by Gasteiger charge is -2.18. The van der Waals surface area contributed by atoms with Crippen LogP contribution in [-0.4, -0.2) is 18.7 Å². The molecule has 1 N–H and O–H groups in total. The van der Waals surface area contributed by atoms with Crippen LogP contribution < -0.4 is 10.1 Å². The molecule has 2 nitrogen and oxygen atoms in total. The molecule has 18 heavy (non-hydrogen) atoms. The van der Waals surface area contributed by atoms with E-state index in [9.17, 15) is 4.39 Å². The van der Waals surface area contributed by atoms with Crippen molar-refractivity contribution < 1.29 is 9.13 Å². The first-order chi connectivity index (χ1) is 8.65. The molecule has 1 aromatic rings. The Morgan fingerprint density at radius 2 is 2.17 bits per heavy atom. The average molecular weight is 272 g/mol. The second-order valence-electron chi connectivity index (χ2n) is 4.89. The van der Waals surface area contributed by atoms with Crippen molar-refractivity contribution in [3.63, 3.8) is 0 Å². The molecule has 0 radical (unpaired) electrons. The lowest BCUT2D eigenvalue weighted by Crippen LogP contribution is -2.35. The van der Waals surface area contributed by atoms with Crippen LogP contribution in [0.3, 0.4) is 0 Å². The number of benzene rings is 1. The molecular weight excluding hydrogens is 253 g/mol. The van der Waals surface area contributed by atoms with Crippen molar-refractivity contribution in [2.45, 2.75) is 44.8 Å². The fourth-order valence-corrected chi connectivity index (χ4v) is 2.46. The molecule has 0 heterocycles. The van der Waals surface area contributed by atoms with E-state index in [2.05, 4.69) is 5.32 Å². The highest BCUT2D eigenvalue weighted by atomic mass is 35.5. The summed E-state index contributed by atoms with van der Waals surface area (Å²) in [4.78, 5) is 0. The number of hydrogen-bond donors (Lipinski definition) is 1. The smallest absolute Gasteiger partial charge is 0.142 e. The molecule has 1 atom stereocenters. The number of halogens is 2. The third-order valence-corrected chi connectivity index (χ3v) is 3.57. The van der Waals surface area contributed by atoms with Gasteiger partial charge in [-0.25, -0.2) is 4.39 Å². The highest BCUT2D eigenvalue weighted by molar-refractivity contribution is 6.30. The normalized spacial score (nSPS) is 17.9. The minimum atomic E-state index is -0.416. The molecule has 4 heteroatoms. The maximum atomic E-state index is 13.0. The fraction of sp³-hybridized carbons (Fsp3) is 0.571. The second kappa shape index (κ2) is 6.39. The van der Waals surface area contributed by atoms with Crippen molar-refractivity contribution in [3.8, 4) is 5.75 Å². The average Bonchev–Trinajstić information content (AvgIpc) is 2.84. The van der Waals surface area contributed by atoms with E-state index in [1.165, 1.54) is 37.8 Å². The topological polar surface area (TPSA) is 21.3 Å². The highest BCUT2D eigenvalue weighted by Crippen LogP contribution is 2.22. The van der Waals surface area contributed by atoms with Crippen LogP contribution in [0.15, 0.2) is 18.2 Å². The summed E-state index contributed by atoms with van der Waals surface area (Å²) in [5.41, 5.74) is 0. The highest BCUT2D eigenvalue weighted by Gasteiger charge is 2.15.